The van der Waals surface area contributed by atoms with E-state index in [2.05, 4.69) is 22.9 Å². The summed E-state index contributed by atoms with van der Waals surface area (Å²) in [5.41, 5.74) is 6.37. The zero-order chi connectivity index (χ0) is 11.5. The number of alkyl halides is 3. The van der Waals surface area contributed by atoms with E-state index in [0.717, 1.165) is 0 Å². The van der Waals surface area contributed by atoms with Crippen molar-refractivity contribution in [2.75, 3.05) is 17.6 Å². The molecule has 84 valence electrons. The van der Waals surface area contributed by atoms with Gasteiger partial charge in [0.2, 0.25) is 0 Å². The van der Waals surface area contributed by atoms with Crippen LogP contribution in [0.25, 0.3) is 0 Å². The molecule has 0 atom stereocenters. The van der Waals surface area contributed by atoms with Gasteiger partial charge in [-0.05, 0) is 6.07 Å². The van der Waals surface area contributed by atoms with Crippen LogP contribution in [-0.4, -0.2) is 17.7 Å². The highest BCUT2D eigenvalue weighted by atomic mass is 32.1. The largest absolute Gasteiger partial charge is 0.405 e. The van der Waals surface area contributed by atoms with Gasteiger partial charge in [0.25, 0.3) is 0 Å². The lowest BCUT2D eigenvalue weighted by Gasteiger charge is -2.10. The molecular formula is C8H10F3N3S. The van der Waals surface area contributed by atoms with Gasteiger partial charge in [0, 0.05) is 17.5 Å². The van der Waals surface area contributed by atoms with E-state index in [4.69, 9.17) is 5.73 Å². The topological polar surface area (TPSA) is 50.9 Å². The molecule has 1 heterocycles. The number of rotatable bonds is 3. The second-order valence-electron chi connectivity index (χ2n) is 2.90. The minimum Gasteiger partial charge on any atom is -0.399 e. The third-order valence-electron chi connectivity index (χ3n) is 1.53. The van der Waals surface area contributed by atoms with Crippen molar-refractivity contribution in [3.63, 3.8) is 0 Å². The SMILES string of the molecule is Nc1cc(CS)nc(NCC(F)(F)F)c1. The smallest absolute Gasteiger partial charge is 0.399 e. The van der Waals surface area contributed by atoms with Crippen molar-refractivity contribution in [2.24, 2.45) is 0 Å². The van der Waals surface area contributed by atoms with Gasteiger partial charge in [-0.1, -0.05) is 0 Å². The third-order valence-corrected chi connectivity index (χ3v) is 1.86. The van der Waals surface area contributed by atoms with Crippen molar-refractivity contribution in [3.8, 4) is 0 Å². The summed E-state index contributed by atoms with van der Waals surface area (Å²) in [6.45, 7) is -1.13. The predicted molar refractivity (Wildman–Crippen MR) is 55.9 cm³/mol. The van der Waals surface area contributed by atoms with Crippen molar-refractivity contribution in [1.82, 2.24) is 4.98 Å². The molecule has 0 aliphatic rings. The maximum Gasteiger partial charge on any atom is 0.405 e. The number of hydrogen-bond acceptors (Lipinski definition) is 4. The highest BCUT2D eigenvalue weighted by Gasteiger charge is 2.26. The van der Waals surface area contributed by atoms with Gasteiger partial charge in [0.05, 0.1) is 5.69 Å². The van der Waals surface area contributed by atoms with Crippen LogP contribution in [0.1, 0.15) is 5.69 Å². The average molecular weight is 237 g/mol. The Morgan fingerprint density at radius 1 is 1.40 bits per heavy atom. The van der Waals surface area contributed by atoms with E-state index in [0.29, 0.717) is 17.1 Å². The van der Waals surface area contributed by atoms with Gasteiger partial charge in [-0.15, -0.1) is 0 Å². The van der Waals surface area contributed by atoms with Gasteiger partial charge >= 0.3 is 6.18 Å². The Morgan fingerprint density at radius 2 is 2.07 bits per heavy atom. The van der Waals surface area contributed by atoms with E-state index in [-0.39, 0.29) is 5.82 Å². The molecule has 0 amide bonds. The van der Waals surface area contributed by atoms with Crippen LogP contribution in [0.4, 0.5) is 24.7 Å². The summed E-state index contributed by atoms with van der Waals surface area (Å²) in [5, 5.41) is 2.15. The fourth-order valence-corrected chi connectivity index (χ4v) is 1.14. The first kappa shape index (κ1) is 12.0. The number of anilines is 2. The zero-order valence-corrected chi connectivity index (χ0v) is 8.57. The average Bonchev–Trinajstić information content (AvgIpc) is 2.13. The molecule has 1 aromatic rings. The van der Waals surface area contributed by atoms with Crippen molar-refractivity contribution in [3.05, 3.63) is 17.8 Å². The second-order valence-corrected chi connectivity index (χ2v) is 3.22. The van der Waals surface area contributed by atoms with E-state index in [9.17, 15) is 13.2 Å². The molecule has 1 rings (SSSR count). The number of nitrogen functional groups attached to an aromatic ring is 1. The van der Waals surface area contributed by atoms with Crippen LogP contribution in [0.2, 0.25) is 0 Å². The first-order chi connectivity index (χ1) is 6.90. The first-order valence-electron chi connectivity index (χ1n) is 4.08. The minimum atomic E-state index is -4.27. The van der Waals surface area contributed by atoms with Gasteiger partial charge < -0.3 is 11.1 Å². The molecule has 0 unspecified atom stereocenters. The molecule has 0 saturated carbocycles. The maximum absolute atomic E-state index is 11.9. The van der Waals surface area contributed by atoms with Crippen molar-refractivity contribution < 1.29 is 13.2 Å². The minimum absolute atomic E-state index is 0.108. The van der Waals surface area contributed by atoms with E-state index in [1.165, 1.54) is 6.07 Å². The van der Waals surface area contributed by atoms with Crippen LogP contribution in [0.15, 0.2) is 12.1 Å². The van der Waals surface area contributed by atoms with Gasteiger partial charge in [-0.3, -0.25) is 0 Å². The van der Waals surface area contributed by atoms with Crippen molar-refractivity contribution in [2.45, 2.75) is 11.9 Å². The van der Waals surface area contributed by atoms with Crippen LogP contribution >= 0.6 is 12.6 Å². The number of nitrogens with zero attached hydrogens (tertiary/aromatic N) is 1. The molecule has 0 aliphatic heterocycles. The fraction of sp³-hybridized carbons (Fsp3) is 0.375. The Labute approximate surface area is 90.3 Å². The molecule has 0 saturated heterocycles. The van der Waals surface area contributed by atoms with Crippen LogP contribution in [0.5, 0.6) is 0 Å². The van der Waals surface area contributed by atoms with Gasteiger partial charge in [0.15, 0.2) is 0 Å². The summed E-state index contributed by atoms with van der Waals surface area (Å²) in [5.74, 6) is 0.433. The Balaban J connectivity index is 2.73. The Bertz CT molecular complexity index is 340. The molecule has 0 spiro atoms. The van der Waals surface area contributed by atoms with Crippen LogP contribution < -0.4 is 11.1 Å². The summed E-state index contributed by atoms with van der Waals surface area (Å²) in [7, 11) is 0. The van der Waals surface area contributed by atoms with E-state index in [1.807, 2.05) is 0 Å². The standard InChI is InChI=1S/C8H10F3N3S/c9-8(10,11)4-13-7-2-5(12)1-6(3-15)14-7/h1-2,15H,3-4H2,(H3,12,13,14). The molecule has 3 N–H and O–H groups in total. The van der Waals surface area contributed by atoms with Crippen molar-refractivity contribution >= 4 is 24.1 Å². The summed E-state index contributed by atoms with van der Waals surface area (Å²) >= 11 is 3.96. The fourth-order valence-electron chi connectivity index (χ4n) is 0.974. The molecule has 7 heteroatoms. The monoisotopic (exact) mass is 237 g/mol. The Kier molecular flexibility index (Phi) is 3.67. The number of nitrogens with two attached hydrogens (primary N) is 1. The number of nitrogens with one attached hydrogen (secondary N) is 1. The number of halogens is 3. The van der Waals surface area contributed by atoms with Crippen LogP contribution in [-0.2, 0) is 5.75 Å². The lowest BCUT2D eigenvalue weighted by Crippen LogP contribution is -2.22. The van der Waals surface area contributed by atoms with Crippen LogP contribution in [0.3, 0.4) is 0 Å². The molecule has 3 nitrogen and oxygen atoms in total. The number of thiol groups is 1. The number of aromatic nitrogens is 1. The van der Waals surface area contributed by atoms with E-state index in [1.54, 1.807) is 6.07 Å². The molecular weight excluding hydrogens is 227 g/mol. The highest BCUT2D eigenvalue weighted by molar-refractivity contribution is 7.79. The Morgan fingerprint density at radius 3 is 2.60 bits per heavy atom. The molecule has 0 radical (unpaired) electrons. The molecule has 0 aliphatic carbocycles. The lowest BCUT2D eigenvalue weighted by atomic mass is 10.3. The van der Waals surface area contributed by atoms with Gasteiger partial charge in [-0.2, -0.15) is 25.8 Å². The second kappa shape index (κ2) is 4.61. The van der Waals surface area contributed by atoms with Crippen LogP contribution in [0, 0.1) is 0 Å². The molecule has 15 heavy (non-hydrogen) atoms. The normalized spacial score (nSPS) is 11.5. The number of pyridine rings is 1. The number of hydrogen-bond donors (Lipinski definition) is 3. The zero-order valence-electron chi connectivity index (χ0n) is 7.67. The van der Waals surface area contributed by atoms with Gasteiger partial charge in [-0.25, -0.2) is 4.98 Å². The summed E-state index contributed by atoms with van der Waals surface area (Å²) in [6.07, 6.45) is -4.27. The molecule has 0 bridgehead atoms. The Hall–Kier alpha value is -1.11. The molecule has 0 fully saturated rings. The van der Waals surface area contributed by atoms with Crippen molar-refractivity contribution in [1.29, 1.82) is 0 Å². The lowest BCUT2D eigenvalue weighted by molar-refractivity contribution is -0.115. The third kappa shape index (κ3) is 4.28. The van der Waals surface area contributed by atoms with Gasteiger partial charge in [0.1, 0.15) is 12.4 Å². The molecule has 0 aromatic carbocycles. The quantitative estimate of drug-likeness (QED) is 0.705. The first-order valence-corrected chi connectivity index (χ1v) is 4.72. The summed E-state index contributed by atoms with van der Waals surface area (Å²) in [4.78, 5) is 3.89. The predicted octanol–water partition coefficient (Wildman–Crippen LogP) is 2.07. The maximum atomic E-state index is 11.9. The summed E-state index contributed by atoms with van der Waals surface area (Å²) in [6, 6.07) is 2.91. The van der Waals surface area contributed by atoms with E-state index >= 15 is 0 Å². The summed E-state index contributed by atoms with van der Waals surface area (Å²) < 4.78 is 35.7. The van der Waals surface area contributed by atoms with E-state index < -0.39 is 12.7 Å². The molecule has 1 aromatic heterocycles. The highest BCUT2D eigenvalue weighted by Crippen LogP contribution is 2.18.